The molecule has 166 valence electrons. The lowest BCUT2D eigenvalue weighted by Crippen LogP contribution is -2.28. The van der Waals surface area contributed by atoms with Gasteiger partial charge in [-0.15, -0.1) is 0 Å². The number of nitriles is 1. The zero-order valence-electron chi connectivity index (χ0n) is 19.2. The number of nitrogens with one attached hydrogen (secondary N) is 2. The molecule has 0 radical (unpaired) electrons. The number of fused-ring (bicyclic) bond motifs is 1. The van der Waals surface area contributed by atoms with E-state index < -0.39 is 0 Å². The first-order valence-corrected chi connectivity index (χ1v) is 10.9. The van der Waals surface area contributed by atoms with E-state index in [2.05, 4.69) is 27.9 Å². The number of H-pyrrole nitrogens is 1. The lowest BCUT2D eigenvalue weighted by atomic mass is 10.1. The van der Waals surface area contributed by atoms with E-state index in [4.69, 9.17) is 0 Å². The molecule has 1 atom stereocenters. The maximum Gasteiger partial charge on any atom is 0.254 e. The first-order chi connectivity index (χ1) is 15.8. The molecule has 1 unspecified atom stereocenters. The molecule has 0 aliphatic rings. The van der Waals surface area contributed by atoms with Crippen LogP contribution in [0.2, 0.25) is 0 Å². The van der Waals surface area contributed by atoms with Crippen molar-refractivity contribution in [2.24, 2.45) is 0 Å². The fourth-order valence-electron chi connectivity index (χ4n) is 4.55. The van der Waals surface area contributed by atoms with Crippen molar-refractivity contribution in [1.29, 1.82) is 5.26 Å². The lowest BCUT2D eigenvalue weighted by molar-refractivity contribution is 0.0951. The highest BCUT2D eigenvalue weighted by Gasteiger charge is 2.23. The van der Waals surface area contributed by atoms with Crippen LogP contribution in [0.1, 0.15) is 57.0 Å². The summed E-state index contributed by atoms with van der Waals surface area (Å²) >= 11 is 0. The predicted octanol–water partition coefficient (Wildman–Crippen LogP) is 4.67. The summed E-state index contributed by atoms with van der Waals surface area (Å²) in [5.41, 5.74) is 5.97. The molecule has 0 saturated carbocycles. The van der Waals surface area contributed by atoms with Crippen molar-refractivity contribution >= 4 is 16.8 Å². The van der Waals surface area contributed by atoms with Crippen LogP contribution in [0.25, 0.3) is 10.9 Å². The molecule has 0 saturated heterocycles. The molecule has 0 fully saturated rings. The standard InChI is InChI=1S/C27H26N4O2/c1-16-12-17(2)30-26(32)23(16)15-29-27(33)25-19(4)31(24-11-6-5-10-22(24)25)18(3)21-9-7-8-20(13-21)14-28/h5-13,18H,15H2,1-4H3,(H,29,33)(H,30,32). The van der Waals surface area contributed by atoms with Gasteiger partial charge in [0.1, 0.15) is 0 Å². The molecule has 2 heterocycles. The lowest BCUT2D eigenvalue weighted by Gasteiger charge is -2.18. The number of carbonyl (C=O) groups is 1. The van der Waals surface area contributed by atoms with Gasteiger partial charge in [0, 0.05) is 34.4 Å². The van der Waals surface area contributed by atoms with Gasteiger partial charge < -0.3 is 14.9 Å². The average Bonchev–Trinajstić information content (AvgIpc) is 3.09. The van der Waals surface area contributed by atoms with E-state index in [9.17, 15) is 14.9 Å². The van der Waals surface area contributed by atoms with Crippen molar-refractivity contribution in [2.45, 2.75) is 40.3 Å². The molecule has 4 rings (SSSR count). The Morgan fingerprint density at radius 2 is 1.88 bits per heavy atom. The third-order valence-corrected chi connectivity index (χ3v) is 6.19. The summed E-state index contributed by atoms with van der Waals surface area (Å²) in [6.07, 6.45) is 0. The molecule has 0 aliphatic heterocycles. The third-order valence-electron chi connectivity index (χ3n) is 6.19. The molecular weight excluding hydrogens is 412 g/mol. The minimum Gasteiger partial charge on any atom is -0.348 e. The summed E-state index contributed by atoms with van der Waals surface area (Å²) in [5, 5.41) is 13.1. The maximum absolute atomic E-state index is 13.3. The van der Waals surface area contributed by atoms with Crippen LogP contribution in [-0.4, -0.2) is 15.5 Å². The van der Waals surface area contributed by atoms with Gasteiger partial charge in [-0.2, -0.15) is 5.26 Å². The van der Waals surface area contributed by atoms with Crippen molar-refractivity contribution in [3.8, 4) is 6.07 Å². The van der Waals surface area contributed by atoms with Gasteiger partial charge in [-0.3, -0.25) is 9.59 Å². The van der Waals surface area contributed by atoms with Crippen molar-refractivity contribution in [1.82, 2.24) is 14.9 Å². The topological polar surface area (TPSA) is 90.7 Å². The van der Waals surface area contributed by atoms with Crippen LogP contribution in [0.3, 0.4) is 0 Å². The number of hydrogen-bond acceptors (Lipinski definition) is 3. The van der Waals surface area contributed by atoms with Crippen LogP contribution in [0.4, 0.5) is 0 Å². The molecule has 2 N–H and O–H groups in total. The van der Waals surface area contributed by atoms with E-state index >= 15 is 0 Å². The number of aromatic nitrogens is 2. The number of nitrogens with zero attached hydrogens (tertiary/aromatic N) is 2. The highest BCUT2D eigenvalue weighted by Crippen LogP contribution is 2.32. The molecule has 4 aromatic rings. The summed E-state index contributed by atoms with van der Waals surface area (Å²) < 4.78 is 2.13. The first-order valence-electron chi connectivity index (χ1n) is 10.9. The average molecular weight is 439 g/mol. The minimum atomic E-state index is -0.222. The zero-order valence-corrected chi connectivity index (χ0v) is 19.2. The van der Waals surface area contributed by atoms with Crippen molar-refractivity contribution in [3.63, 3.8) is 0 Å². The summed E-state index contributed by atoms with van der Waals surface area (Å²) in [6, 6.07) is 19.4. The Hall–Kier alpha value is -4.11. The van der Waals surface area contributed by atoms with E-state index in [1.165, 1.54) is 0 Å². The van der Waals surface area contributed by atoms with Gasteiger partial charge in [-0.25, -0.2) is 0 Å². The Bertz CT molecular complexity index is 1470. The summed E-state index contributed by atoms with van der Waals surface area (Å²) in [7, 11) is 0. The number of rotatable bonds is 5. The third kappa shape index (κ3) is 4.06. The molecular formula is C27H26N4O2. The molecule has 6 nitrogen and oxygen atoms in total. The number of carbonyl (C=O) groups excluding carboxylic acids is 1. The maximum atomic E-state index is 13.3. The second-order valence-corrected chi connectivity index (χ2v) is 8.39. The van der Waals surface area contributed by atoms with E-state index in [1.807, 2.05) is 69.3 Å². The van der Waals surface area contributed by atoms with Crippen LogP contribution >= 0.6 is 0 Å². The van der Waals surface area contributed by atoms with Gasteiger partial charge in [0.25, 0.3) is 11.5 Å². The van der Waals surface area contributed by atoms with Gasteiger partial charge in [-0.05, 0) is 63.1 Å². The largest absolute Gasteiger partial charge is 0.348 e. The number of para-hydroxylation sites is 1. The summed E-state index contributed by atoms with van der Waals surface area (Å²) in [4.78, 5) is 28.5. The van der Waals surface area contributed by atoms with E-state index in [1.54, 1.807) is 6.07 Å². The second kappa shape index (κ2) is 8.79. The Morgan fingerprint density at radius 3 is 2.61 bits per heavy atom. The zero-order chi connectivity index (χ0) is 23.7. The van der Waals surface area contributed by atoms with Gasteiger partial charge >= 0.3 is 0 Å². The normalized spacial score (nSPS) is 11.8. The first kappa shape index (κ1) is 22.1. The number of benzene rings is 2. The molecule has 0 spiro atoms. The Labute approximate surface area is 192 Å². The highest BCUT2D eigenvalue weighted by molar-refractivity contribution is 6.08. The fraction of sp³-hybridized carbons (Fsp3) is 0.222. The summed E-state index contributed by atoms with van der Waals surface area (Å²) in [6.45, 7) is 7.86. The van der Waals surface area contributed by atoms with Crippen LogP contribution in [0.5, 0.6) is 0 Å². The molecule has 0 bridgehead atoms. The minimum absolute atomic E-state index is 0.0769. The van der Waals surface area contributed by atoms with Gasteiger partial charge in [0.05, 0.1) is 23.2 Å². The monoisotopic (exact) mass is 438 g/mol. The van der Waals surface area contributed by atoms with Crippen LogP contribution in [0.15, 0.2) is 59.4 Å². The quantitative estimate of drug-likeness (QED) is 0.475. The Morgan fingerprint density at radius 1 is 1.12 bits per heavy atom. The van der Waals surface area contributed by atoms with E-state index in [0.717, 1.165) is 33.4 Å². The highest BCUT2D eigenvalue weighted by atomic mass is 16.2. The molecule has 6 heteroatoms. The number of aryl methyl sites for hydroxylation is 2. The molecule has 2 aromatic carbocycles. The number of hydrogen-bond donors (Lipinski definition) is 2. The van der Waals surface area contributed by atoms with Crippen LogP contribution in [0, 0.1) is 32.1 Å². The van der Waals surface area contributed by atoms with E-state index in [0.29, 0.717) is 16.7 Å². The SMILES string of the molecule is Cc1cc(C)c(CNC(=O)c2c(C)n(C(C)c3cccc(C#N)c3)c3ccccc23)c(=O)[nH]1. The fourth-order valence-corrected chi connectivity index (χ4v) is 4.55. The van der Waals surface area contributed by atoms with Crippen molar-refractivity contribution in [3.05, 3.63) is 104 Å². The van der Waals surface area contributed by atoms with Gasteiger partial charge in [0.2, 0.25) is 0 Å². The smallest absolute Gasteiger partial charge is 0.254 e. The number of aromatic amines is 1. The number of pyridine rings is 1. The predicted molar refractivity (Wildman–Crippen MR) is 129 cm³/mol. The Balaban J connectivity index is 1.73. The van der Waals surface area contributed by atoms with Gasteiger partial charge in [0.15, 0.2) is 0 Å². The Kier molecular flexibility index (Phi) is 5.89. The summed E-state index contributed by atoms with van der Waals surface area (Å²) in [5.74, 6) is -0.222. The van der Waals surface area contributed by atoms with E-state index in [-0.39, 0.29) is 24.1 Å². The van der Waals surface area contributed by atoms with Gasteiger partial charge in [-0.1, -0.05) is 30.3 Å². The second-order valence-electron chi connectivity index (χ2n) is 8.39. The van der Waals surface area contributed by atoms with Crippen molar-refractivity contribution < 1.29 is 4.79 Å². The molecule has 33 heavy (non-hydrogen) atoms. The van der Waals surface area contributed by atoms with Crippen molar-refractivity contribution in [2.75, 3.05) is 0 Å². The van der Waals surface area contributed by atoms with Crippen LogP contribution < -0.4 is 10.9 Å². The molecule has 1 amide bonds. The molecule has 2 aromatic heterocycles. The molecule has 0 aliphatic carbocycles. The van der Waals surface area contributed by atoms with Crippen LogP contribution in [-0.2, 0) is 6.54 Å². The number of amides is 1.